The molecule has 1 heterocycles. The van der Waals surface area contributed by atoms with E-state index in [4.69, 9.17) is 0 Å². The molecule has 9 heteroatoms. The highest BCUT2D eigenvalue weighted by atomic mass is 35.5. The van der Waals surface area contributed by atoms with Gasteiger partial charge in [-0.05, 0) is 30.5 Å². The zero-order valence-electron chi connectivity index (χ0n) is 13.5. The molecule has 0 spiro atoms. The minimum atomic E-state index is -4.90. The first-order chi connectivity index (χ1) is 10.9. The fraction of sp³-hybridized carbons (Fsp3) is 0.500. The lowest BCUT2D eigenvalue weighted by Crippen LogP contribution is -2.45. The van der Waals surface area contributed by atoms with Crippen LogP contribution in [-0.2, 0) is 0 Å². The van der Waals surface area contributed by atoms with Crippen molar-refractivity contribution >= 4 is 24.8 Å². The maximum Gasteiger partial charge on any atom is 0.573 e. The number of halogens is 6. The summed E-state index contributed by atoms with van der Waals surface area (Å²) in [6.07, 6.45) is -1.63. The second-order valence-electron chi connectivity index (χ2n) is 5.41. The highest BCUT2D eigenvalue weighted by Crippen LogP contribution is 2.31. The molecule has 1 saturated heterocycles. The van der Waals surface area contributed by atoms with Crippen molar-refractivity contribution in [2.45, 2.75) is 25.2 Å². The van der Waals surface area contributed by atoms with E-state index in [0.717, 1.165) is 51.2 Å². The van der Waals surface area contributed by atoms with Gasteiger partial charge in [0.2, 0.25) is 0 Å². The highest BCUT2D eigenvalue weighted by Gasteiger charge is 2.32. The number of nitrogens with zero attached hydrogens (tertiary/aromatic N) is 1. The van der Waals surface area contributed by atoms with E-state index >= 15 is 0 Å². The van der Waals surface area contributed by atoms with E-state index in [1.54, 1.807) is 6.08 Å². The van der Waals surface area contributed by atoms with Crippen LogP contribution in [0.5, 0.6) is 5.75 Å². The van der Waals surface area contributed by atoms with Crippen molar-refractivity contribution in [2.24, 2.45) is 0 Å². The van der Waals surface area contributed by atoms with E-state index in [2.05, 4.69) is 21.5 Å². The van der Waals surface area contributed by atoms with Crippen LogP contribution in [0, 0.1) is 5.82 Å². The monoisotopic (exact) mass is 404 g/mol. The summed E-state index contributed by atoms with van der Waals surface area (Å²) in [5.41, 5.74) is 0.653. The number of benzene rings is 1. The van der Waals surface area contributed by atoms with Crippen molar-refractivity contribution < 1.29 is 22.3 Å². The second kappa shape index (κ2) is 10.9. The molecule has 0 bridgehead atoms. The molecule has 1 aliphatic heterocycles. The van der Waals surface area contributed by atoms with Crippen LogP contribution >= 0.6 is 24.8 Å². The van der Waals surface area contributed by atoms with E-state index in [1.165, 1.54) is 6.07 Å². The Labute approximate surface area is 157 Å². The van der Waals surface area contributed by atoms with Crippen molar-refractivity contribution in [2.75, 3.05) is 26.2 Å². The molecule has 1 atom stereocenters. The molecule has 1 N–H and O–H groups in total. The molecule has 25 heavy (non-hydrogen) atoms. The lowest BCUT2D eigenvalue weighted by atomic mass is 9.99. The second-order valence-corrected chi connectivity index (χ2v) is 5.41. The van der Waals surface area contributed by atoms with Crippen LogP contribution in [0.25, 0.3) is 0 Å². The summed E-state index contributed by atoms with van der Waals surface area (Å²) in [5.74, 6) is -1.80. The molecule has 1 aromatic carbocycles. The van der Waals surface area contributed by atoms with E-state index in [1.807, 2.05) is 0 Å². The van der Waals surface area contributed by atoms with Crippen molar-refractivity contribution in [1.29, 1.82) is 0 Å². The highest BCUT2D eigenvalue weighted by molar-refractivity contribution is 5.85. The minimum absolute atomic E-state index is 0. The molecule has 1 fully saturated rings. The Bertz CT molecular complexity index is 537. The summed E-state index contributed by atoms with van der Waals surface area (Å²) < 4.78 is 54.3. The summed E-state index contributed by atoms with van der Waals surface area (Å²) in [6.45, 7) is 6.98. The molecule has 1 aliphatic rings. The Morgan fingerprint density at radius 2 is 1.88 bits per heavy atom. The van der Waals surface area contributed by atoms with E-state index in [0.29, 0.717) is 5.56 Å². The van der Waals surface area contributed by atoms with Crippen molar-refractivity contribution in [3.63, 3.8) is 0 Å². The summed E-state index contributed by atoms with van der Waals surface area (Å²) in [5, 5.41) is 3.24. The van der Waals surface area contributed by atoms with E-state index in [9.17, 15) is 17.6 Å². The maximum absolute atomic E-state index is 14.0. The topological polar surface area (TPSA) is 24.5 Å². The fourth-order valence-corrected chi connectivity index (χ4v) is 2.76. The van der Waals surface area contributed by atoms with Gasteiger partial charge in [-0.15, -0.1) is 44.6 Å². The van der Waals surface area contributed by atoms with Crippen LogP contribution in [0.15, 0.2) is 30.9 Å². The van der Waals surface area contributed by atoms with Crippen LogP contribution in [-0.4, -0.2) is 37.4 Å². The van der Waals surface area contributed by atoms with Crippen molar-refractivity contribution in [3.05, 3.63) is 42.2 Å². The molecule has 144 valence electrons. The molecule has 0 aromatic heterocycles. The summed E-state index contributed by atoms with van der Waals surface area (Å²) in [7, 11) is 0. The molecule has 3 nitrogen and oxygen atoms in total. The van der Waals surface area contributed by atoms with Gasteiger partial charge in [0.1, 0.15) is 0 Å². The standard InChI is InChI=1S/C16H20F4N2O.2ClH/c1-2-3-4-14(22-9-7-21-8-10-22)12-5-6-15(13(17)11-12)23-16(18,19)20;;/h2,5-6,11,14,21H,1,3-4,7-10H2;2*1H/t14-;;/m1../s1. The smallest absolute Gasteiger partial charge is 0.403 e. The SMILES string of the molecule is C=CCC[C@H](c1ccc(OC(F)(F)F)c(F)c1)N1CCNCC1.Cl.Cl. The number of piperazine rings is 1. The largest absolute Gasteiger partial charge is 0.573 e. The van der Waals surface area contributed by atoms with Gasteiger partial charge in [-0.2, -0.15) is 0 Å². The maximum atomic E-state index is 14.0. The van der Waals surface area contributed by atoms with Crippen LogP contribution in [0.2, 0.25) is 0 Å². The third-order valence-corrected chi connectivity index (χ3v) is 3.80. The summed E-state index contributed by atoms with van der Waals surface area (Å²) >= 11 is 0. The molecule has 1 aromatic rings. The first kappa shape index (κ1) is 24.0. The van der Waals surface area contributed by atoms with Crippen molar-refractivity contribution in [1.82, 2.24) is 10.2 Å². The number of rotatable bonds is 6. The Morgan fingerprint density at radius 1 is 1.24 bits per heavy atom. The molecule has 2 rings (SSSR count). The van der Waals surface area contributed by atoms with Gasteiger partial charge in [0.05, 0.1) is 0 Å². The molecule has 0 saturated carbocycles. The third kappa shape index (κ3) is 7.40. The zero-order chi connectivity index (χ0) is 16.9. The quantitative estimate of drug-likeness (QED) is 0.558. The predicted molar refractivity (Wildman–Crippen MR) is 94.2 cm³/mol. The number of ether oxygens (including phenoxy) is 1. The van der Waals surface area contributed by atoms with Crippen LogP contribution < -0.4 is 10.1 Å². The lowest BCUT2D eigenvalue weighted by molar-refractivity contribution is -0.275. The number of alkyl halides is 3. The van der Waals surface area contributed by atoms with Gasteiger partial charge in [0.25, 0.3) is 0 Å². The zero-order valence-corrected chi connectivity index (χ0v) is 15.2. The fourth-order valence-electron chi connectivity index (χ4n) is 2.76. The van der Waals surface area contributed by atoms with Crippen LogP contribution in [0.1, 0.15) is 24.4 Å². The Hall–Kier alpha value is -1.02. The molecule has 0 amide bonds. The summed E-state index contributed by atoms with van der Waals surface area (Å²) in [4.78, 5) is 2.21. The van der Waals surface area contributed by atoms with Gasteiger partial charge >= 0.3 is 6.36 Å². The predicted octanol–water partition coefficient (Wildman–Crippen LogP) is 4.48. The molecule has 0 unspecified atom stereocenters. The van der Waals surface area contributed by atoms with Gasteiger partial charge in [-0.3, -0.25) is 4.90 Å². The first-order valence-electron chi connectivity index (χ1n) is 7.51. The van der Waals surface area contributed by atoms with Gasteiger partial charge in [0, 0.05) is 32.2 Å². The number of allylic oxidation sites excluding steroid dienone is 1. The van der Waals surface area contributed by atoms with Gasteiger partial charge in [-0.1, -0.05) is 12.1 Å². The number of hydrogen-bond acceptors (Lipinski definition) is 3. The van der Waals surface area contributed by atoms with Crippen molar-refractivity contribution in [3.8, 4) is 5.75 Å². The average Bonchev–Trinajstić information content (AvgIpc) is 2.50. The molecule has 0 radical (unpaired) electrons. The van der Waals surface area contributed by atoms with Gasteiger partial charge in [-0.25, -0.2) is 4.39 Å². The van der Waals surface area contributed by atoms with Crippen LogP contribution in [0.4, 0.5) is 17.6 Å². The Kier molecular flexibility index (Phi) is 10.4. The Balaban J connectivity index is 0.00000288. The lowest BCUT2D eigenvalue weighted by Gasteiger charge is -2.35. The summed E-state index contributed by atoms with van der Waals surface area (Å²) in [6, 6.07) is 3.63. The van der Waals surface area contributed by atoms with Gasteiger partial charge < -0.3 is 10.1 Å². The minimum Gasteiger partial charge on any atom is -0.403 e. The number of nitrogens with one attached hydrogen (secondary N) is 1. The molecule has 0 aliphatic carbocycles. The van der Waals surface area contributed by atoms with Gasteiger partial charge in [0.15, 0.2) is 11.6 Å². The average molecular weight is 405 g/mol. The van der Waals surface area contributed by atoms with Crippen LogP contribution in [0.3, 0.4) is 0 Å². The van der Waals surface area contributed by atoms with E-state index in [-0.39, 0.29) is 30.9 Å². The van der Waals surface area contributed by atoms with E-state index < -0.39 is 17.9 Å². The number of hydrogen-bond donors (Lipinski definition) is 1. The molecular formula is C16H22Cl2F4N2O. The molecular weight excluding hydrogens is 383 g/mol. The first-order valence-corrected chi connectivity index (χ1v) is 7.51. The Morgan fingerprint density at radius 3 is 2.40 bits per heavy atom. The normalized spacial score (nSPS) is 16.3. The third-order valence-electron chi connectivity index (χ3n) is 3.80.